The second-order valence-electron chi connectivity index (χ2n) is 12.1. The average Bonchev–Trinajstić information content (AvgIpc) is 3.81. The minimum Gasteiger partial charge on any atom is -0.310 e. The van der Waals surface area contributed by atoms with Gasteiger partial charge in [-0.3, -0.25) is 0 Å². The molecule has 2 nitrogen and oxygen atoms in total. The number of nitrogens with zero attached hydrogens (tertiary/aromatic N) is 2. The van der Waals surface area contributed by atoms with Crippen molar-refractivity contribution >= 4 is 76.4 Å². The lowest BCUT2D eigenvalue weighted by molar-refractivity contribution is 1.02. The molecule has 3 heteroatoms. The van der Waals surface area contributed by atoms with Crippen LogP contribution in [0.3, 0.4) is 0 Å². The summed E-state index contributed by atoms with van der Waals surface area (Å²) in [4.78, 5) is 0. The zero-order chi connectivity index (χ0) is 32.6. The lowest BCUT2D eigenvalue weighted by Crippen LogP contribution is -2.30. The molecule has 0 N–H and O–H groups in total. The van der Waals surface area contributed by atoms with Gasteiger partial charge in [-0.2, -0.15) is 0 Å². The number of thiophene rings is 1. The minimum absolute atomic E-state index is 1.14. The zero-order valence-corrected chi connectivity index (χ0v) is 28.5. The van der Waals surface area contributed by atoms with Crippen molar-refractivity contribution in [3.63, 3.8) is 0 Å². The highest BCUT2D eigenvalue weighted by Crippen LogP contribution is 2.40. The van der Waals surface area contributed by atoms with Gasteiger partial charge in [-0.1, -0.05) is 123 Å². The SMILES string of the molecule is C1=c2c(n(-c3ccccc3)c3ccccc23)=CCC1.CC.Cc1ccc2c(c1)c1ccccc1n2-c1cccc2c1sc1ccccc12. The predicted octanol–water partition coefficient (Wildman–Crippen LogP) is 11.5. The third-order valence-corrected chi connectivity index (χ3v) is 10.5. The molecule has 0 radical (unpaired) electrons. The predicted molar refractivity (Wildman–Crippen MR) is 210 cm³/mol. The lowest BCUT2D eigenvalue weighted by atomic mass is 10.1. The van der Waals surface area contributed by atoms with Crippen LogP contribution in [0.1, 0.15) is 32.3 Å². The minimum atomic E-state index is 1.14. The number of para-hydroxylation sites is 3. The van der Waals surface area contributed by atoms with Gasteiger partial charge >= 0.3 is 0 Å². The Balaban J connectivity index is 0.000000141. The van der Waals surface area contributed by atoms with Crippen molar-refractivity contribution in [3.8, 4) is 11.4 Å². The van der Waals surface area contributed by atoms with Crippen molar-refractivity contribution in [3.05, 3.63) is 156 Å². The Morgan fingerprint density at radius 3 is 1.94 bits per heavy atom. The van der Waals surface area contributed by atoms with Gasteiger partial charge in [-0.15, -0.1) is 11.3 Å². The summed E-state index contributed by atoms with van der Waals surface area (Å²) in [7, 11) is 0. The third-order valence-electron chi connectivity index (χ3n) is 9.27. The first kappa shape index (κ1) is 30.0. The summed E-state index contributed by atoms with van der Waals surface area (Å²) >= 11 is 1.89. The maximum Gasteiger partial charge on any atom is 0.0640 e. The van der Waals surface area contributed by atoms with Crippen molar-refractivity contribution in [1.29, 1.82) is 0 Å². The molecule has 3 heterocycles. The van der Waals surface area contributed by atoms with Gasteiger partial charge in [0.1, 0.15) is 0 Å². The molecule has 0 aliphatic heterocycles. The van der Waals surface area contributed by atoms with Gasteiger partial charge in [0.15, 0.2) is 0 Å². The van der Waals surface area contributed by atoms with Gasteiger partial charge in [-0.05, 0) is 68.3 Å². The average molecular weight is 639 g/mol. The van der Waals surface area contributed by atoms with Crippen molar-refractivity contribution in [2.45, 2.75) is 33.6 Å². The van der Waals surface area contributed by atoms with Crippen LogP contribution in [-0.4, -0.2) is 9.13 Å². The van der Waals surface area contributed by atoms with E-state index in [0.29, 0.717) is 0 Å². The van der Waals surface area contributed by atoms with Crippen LogP contribution in [0, 0.1) is 6.92 Å². The maximum atomic E-state index is 2.43. The molecule has 0 saturated heterocycles. The molecule has 234 valence electrons. The summed E-state index contributed by atoms with van der Waals surface area (Å²) < 4.78 is 7.50. The van der Waals surface area contributed by atoms with Crippen LogP contribution in [0.15, 0.2) is 140 Å². The van der Waals surface area contributed by atoms with E-state index in [9.17, 15) is 0 Å². The van der Waals surface area contributed by atoms with Crippen molar-refractivity contribution < 1.29 is 0 Å². The molecule has 0 bridgehead atoms. The Kier molecular flexibility index (Phi) is 7.92. The van der Waals surface area contributed by atoms with Crippen LogP contribution in [0.4, 0.5) is 0 Å². The largest absolute Gasteiger partial charge is 0.310 e. The molecule has 6 aromatic carbocycles. The second-order valence-corrected chi connectivity index (χ2v) is 13.2. The molecule has 0 atom stereocenters. The summed E-state index contributed by atoms with van der Waals surface area (Å²) in [6.07, 6.45) is 7.02. The number of hydrogen-bond donors (Lipinski definition) is 0. The molecule has 0 saturated carbocycles. The number of benzene rings is 6. The third kappa shape index (κ3) is 4.94. The molecule has 0 spiro atoms. The van der Waals surface area contributed by atoms with Crippen molar-refractivity contribution in [2.24, 2.45) is 0 Å². The molecular formula is C45H38N2S. The second kappa shape index (κ2) is 12.7. The zero-order valence-electron chi connectivity index (χ0n) is 27.7. The van der Waals surface area contributed by atoms with Crippen molar-refractivity contribution in [2.75, 3.05) is 0 Å². The molecule has 1 aliphatic rings. The monoisotopic (exact) mass is 638 g/mol. The normalized spacial score (nSPS) is 12.2. The molecule has 0 fully saturated rings. The quantitative estimate of drug-likeness (QED) is 0.178. The van der Waals surface area contributed by atoms with Gasteiger partial charge in [0.05, 0.1) is 26.9 Å². The van der Waals surface area contributed by atoms with E-state index in [1.165, 1.54) is 80.4 Å². The van der Waals surface area contributed by atoms with Crippen LogP contribution in [0.2, 0.25) is 0 Å². The van der Waals surface area contributed by atoms with Crippen LogP contribution in [0.5, 0.6) is 0 Å². The van der Waals surface area contributed by atoms with E-state index in [1.807, 2.05) is 25.2 Å². The van der Waals surface area contributed by atoms with E-state index in [-0.39, 0.29) is 0 Å². The number of aromatic nitrogens is 2. The summed E-state index contributed by atoms with van der Waals surface area (Å²) in [6.45, 7) is 6.16. The number of aryl methyl sites for hydroxylation is 1. The van der Waals surface area contributed by atoms with Gasteiger partial charge in [0.25, 0.3) is 0 Å². The smallest absolute Gasteiger partial charge is 0.0640 e. The molecule has 1 aliphatic carbocycles. The molecule has 3 aromatic heterocycles. The van der Waals surface area contributed by atoms with Gasteiger partial charge < -0.3 is 9.13 Å². The highest BCUT2D eigenvalue weighted by atomic mass is 32.1. The molecular weight excluding hydrogens is 601 g/mol. The van der Waals surface area contributed by atoms with E-state index in [0.717, 1.165) is 12.8 Å². The van der Waals surface area contributed by atoms with Crippen molar-refractivity contribution in [1.82, 2.24) is 9.13 Å². The van der Waals surface area contributed by atoms with E-state index in [2.05, 4.69) is 168 Å². The summed E-state index contributed by atoms with van der Waals surface area (Å²) in [5.41, 5.74) is 7.64. The van der Waals surface area contributed by atoms with E-state index in [4.69, 9.17) is 0 Å². The Morgan fingerprint density at radius 2 is 1.12 bits per heavy atom. The summed E-state index contributed by atoms with van der Waals surface area (Å²) in [5, 5.41) is 9.42. The van der Waals surface area contributed by atoms with Gasteiger partial charge in [0, 0.05) is 47.9 Å². The Labute approximate surface area is 285 Å². The standard InChI is InChI=1S/C25H17NS.C18H15N.C2H6/c1-16-13-14-22-20(15-16)17-7-2-4-10-21(17)26(22)23-11-6-9-19-18-8-3-5-12-24(18)27-25(19)23;1-2-8-14(9-3-1)19-17-12-6-4-10-15(17)16-11-5-7-13-18(16)19;1-2/h2-15H,1H3;1-4,6,8-13H,5,7H2;1-2H3. The fraction of sp³-hybridized carbons (Fsp3) is 0.111. The maximum absolute atomic E-state index is 2.43. The first-order chi connectivity index (χ1) is 23.8. The van der Waals surface area contributed by atoms with Gasteiger partial charge in [-0.25, -0.2) is 0 Å². The summed E-state index contributed by atoms with van der Waals surface area (Å²) in [5.74, 6) is 0. The topological polar surface area (TPSA) is 9.86 Å². The summed E-state index contributed by atoms with van der Waals surface area (Å²) in [6, 6.07) is 50.2. The number of fused-ring (bicyclic) bond motifs is 9. The highest BCUT2D eigenvalue weighted by molar-refractivity contribution is 7.26. The molecule has 10 rings (SSSR count). The number of rotatable bonds is 2. The number of hydrogen-bond acceptors (Lipinski definition) is 1. The Hall–Kier alpha value is -5.38. The fourth-order valence-corrected chi connectivity index (χ4v) is 8.46. The van der Waals surface area contributed by atoms with E-state index >= 15 is 0 Å². The van der Waals surface area contributed by atoms with Crippen LogP contribution >= 0.6 is 11.3 Å². The van der Waals surface area contributed by atoms with Crippen LogP contribution < -0.4 is 10.6 Å². The Bertz CT molecular complexity index is 2700. The van der Waals surface area contributed by atoms with Gasteiger partial charge in [0.2, 0.25) is 0 Å². The first-order valence-electron chi connectivity index (χ1n) is 17.0. The van der Waals surface area contributed by atoms with Crippen LogP contribution in [-0.2, 0) is 0 Å². The first-order valence-corrected chi connectivity index (χ1v) is 17.8. The van der Waals surface area contributed by atoms with E-state index < -0.39 is 0 Å². The van der Waals surface area contributed by atoms with E-state index in [1.54, 1.807) is 0 Å². The molecule has 9 aromatic rings. The lowest BCUT2D eigenvalue weighted by Gasteiger charge is -2.09. The Morgan fingerprint density at radius 1 is 0.500 bits per heavy atom. The molecule has 48 heavy (non-hydrogen) atoms. The fourth-order valence-electron chi connectivity index (χ4n) is 7.26. The highest BCUT2D eigenvalue weighted by Gasteiger charge is 2.16. The molecule has 0 unspecified atom stereocenters. The van der Waals surface area contributed by atoms with Crippen LogP contribution in [0.25, 0.3) is 76.4 Å². The molecule has 0 amide bonds.